The number of hydrogen-bond acceptors (Lipinski definition) is 2. The van der Waals surface area contributed by atoms with Crippen molar-refractivity contribution in [3.8, 4) is 0 Å². The minimum absolute atomic E-state index is 0.192. The van der Waals surface area contributed by atoms with Crippen LogP contribution in [0.2, 0.25) is 0 Å². The van der Waals surface area contributed by atoms with Crippen LogP contribution in [-0.2, 0) is 6.54 Å². The van der Waals surface area contributed by atoms with Crippen LogP contribution >= 0.6 is 0 Å². The summed E-state index contributed by atoms with van der Waals surface area (Å²) in [6.45, 7) is 8.24. The molecule has 0 aliphatic rings. The van der Waals surface area contributed by atoms with E-state index in [2.05, 4.69) is 5.32 Å². The first-order valence-corrected chi connectivity index (χ1v) is 9.00. The highest BCUT2D eigenvalue weighted by molar-refractivity contribution is 6.05. The molecule has 0 atom stereocenters. The second-order valence-electron chi connectivity index (χ2n) is 6.95. The van der Waals surface area contributed by atoms with E-state index in [1.54, 1.807) is 0 Å². The number of amides is 1. The lowest BCUT2D eigenvalue weighted by molar-refractivity contribution is 0.102. The Morgan fingerprint density at radius 2 is 1.67 bits per heavy atom. The number of benzene rings is 2. The van der Waals surface area contributed by atoms with Crippen molar-refractivity contribution in [2.75, 3.05) is 5.32 Å². The van der Waals surface area contributed by atoms with Crippen LogP contribution in [0.1, 0.15) is 38.4 Å². The van der Waals surface area contributed by atoms with Gasteiger partial charge in [-0.1, -0.05) is 42.5 Å². The molecule has 0 aliphatic heterocycles. The van der Waals surface area contributed by atoms with Crippen LogP contribution in [0, 0.1) is 27.7 Å². The Hall–Kier alpha value is -3.14. The standard InChI is InChI=1S/C23H24N2O2/c1-15-10-11-16(2)20(12-15)24-23(27)22-18(4)25(17(3)13-21(22)26)14-19-8-6-5-7-9-19/h5-13H,14H2,1-4H3,(H,24,27). The molecule has 27 heavy (non-hydrogen) atoms. The van der Waals surface area contributed by atoms with Gasteiger partial charge in [-0.05, 0) is 50.5 Å². The monoisotopic (exact) mass is 360 g/mol. The number of aromatic nitrogens is 1. The van der Waals surface area contributed by atoms with Gasteiger partial charge in [0, 0.05) is 29.7 Å². The Morgan fingerprint density at radius 3 is 2.37 bits per heavy atom. The molecule has 3 aromatic rings. The molecule has 1 N–H and O–H groups in total. The number of nitrogens with zero attached hydrogens (tertiary/aromatic N) is 1. The minimum atomic E-state index is -0.368. The molecule has 3 rings (SSSR count). The van der Waals surface area contributed by atoms with Crippen LogP contribution in [0.5, 0.6) is 0 Å². The van der Waals surface area contributed by atoms with Gasteiger partial charge in [0.05, 0.1) is 0 Å². The van der Waals surface area contributed by atoms with Gasteiger partial charge >= 0.3 is 0 Å². The highest BCUT2D eigenvalue weighted by Gasteiger charge is 2.18. The molecular weight excluding hydrogens is 336 g/mol. The molecule has 0 aliphatic carbocycles. The number of nitrogens with one attached hydrogen (secondary N) is 1. The smallest absolute Gasteiger partial charge is 0.261 e. The van der Waals surface area contributed by atoms with Crippen molar-refractivity contribution in [1.29, 1.82) is 0 Å². The summed E-state index contributed by atoms with van der Waals surface area (Å²) in [6, 6.07) is 17.4. The van der Waals surface area contributed by atoms with Crippen LogP contribution in [0.25, 0.3) is 0 Å². The molecular formula is C23H24N2O2. The van der Waals surface area contributed by atoms with Crippen molar-refractivity contribution in [1.82, 2.24) is 4.57 Å². The van der Waals surface area contributed by atoms with E-state index in [1.807, 2.05) is 80.8 Å². The van der Waals surface area contributed by atoms with Crippen molar-refractivity contribution in [2.24, 2.45) is 0 Å². The van der Waals surface area contributed by atoms with Gasteiger partial charge in [0.2, 0.25) is 0 Å². The first-order chi connectivity index (χ1) is 12.9. The maximum Gasteiger partial charge on any atom is 0.261 e. The Morgan fingerprint density at radius 1 is 0.963 bits per heavy atom. The molecule has 1 aromatic heterocycles. The Kier molecular flexibility index (Phi) is 5.26. The van der Waals surface area contributed by atoms with Gasteiger partial charge in [-0.3, -0.25) is 9.59 Å². The van der Waals surface area contributed by atoms with Crippen molar-refractivity contribution >= 4 is 11.6 Å². The van der Waals surface area contributed by atoms with E-state index in [0.29, 0.717) is 12.2 Å². The third-order valence-electron chi connectivity index (χ3n) is 4.83. The molecule has 0 saturated carbocycles. The Labute approximate surface area is 159 Å². The van der Waals surface area contributed by atoms with Crippen LogP contribution in [0.4, 0.5) is 5.69 Å². The van der Waals surface area contributed by atoms with E-state index in [0.717, 1.165) is 28.1 Å². The topological polar surface area (TPSA) is 51.1 Å². The van der Waals surface area contributed by atoms with Crippen LogP contribution < -0.4 is 10.7 Å². The zero-order valence-corrected chi connectivity index (χ0v) is 16.2. The quantitative estimate of drug-likeness (QED) is 0.750. The molecule has 2 aromatic carbocycles. The predicted molar refractivity (Wildman–Crippen MR) is 110 cm³/mol. The molecule has 138 valence electrons. The SMILES string of the molecule is Cc1ccc(C)c(NC(=O)c2c(C)n(Cc3ccccc3)c(C)cc2=O)c1. The summed E-state index contributed by atoms with van der Waals surface area (Å²) < 4.78 is 2.01. The minimum Gasteiger partial charge on any atom is -0.344 e. The van der Waals surface area contributed by atoms with Gasteiger partial charge < -0.3 is 9.88 Å². The maximum atomic E-state index is 12.9. The fourth-order valence-corrected chi connectivity index (χ4v) is 3.26. The van der Waals surface area contributed by atoms with Gasteiger partial charge in [-0.15, -0.1) is 0 Å². The first kappa shape index (κ1) is 18.6. The number of aryl methyl sites for hydroxylation is 3. The third-order valence-corrected chi connectivity index (χ3v) is 4.83. The Balaban J connectivity index is 2.00. The molecule has 1 amide bonds. The van der Waals surface area contributed by atoms with Gasteiger partial charge in [0.1, 0.15) is 5.56 Å². The van der Waals surface area contributed by atoms with Crippen LogP contribution in [-0.4, -0.2) is 10.5 Å². The lowest BCUT2D eigenvalue weighted by Crippen LogP contribution is -2.27. The highest BCUT2D eigenvalue weighted by atomic mass is 16.2. The molecule has 4 nitrogen and oxygen atoms in total. The summed E-state index contributed by atoms with van der Waals surface area (Å²) in [5.41, 5.74) is 5.31. The highest BCUT2D eigenvalue weighted by Crippen LogP contribution is 2.18. The normalized spacial score (nSPS) is 10.7. The molecule has 4 heteroatoms. The first-order valence-electron chi connectivity index (χ1n) is 9.00. The largest absolute Gasteiger partial charge is 0.344 e. The van der Waals surface area contributed by atoms with Gasteiger partial charge in [-0.25, -0.2) is 0 Å². The van der Waals surface area contributed by atoms with E-state index >= 15 is 0 Å². The van der Waals surface area contributed by atoms with Gasteiger partial charge in [-0.2, -0.15) is 0 Å². The van der Waals surface area contributed by atoms with E-state index in [4.69, 9.17) is 0 Å². The summed E-state index contributed by atoms with van der Waals surface area (Å²) in [5, 5.41) is 2.91. The fraction of sp³-hybridized carbons (Fsp3) is 0.217. The number of carbonyl (C=O) groups is 1. The van der Waals surface area contributed by atoms with Crippen LogP contribution in [0.3, 0.4) is 0 Å². The Bertz CT molecular complexity index is 1050. The van der Waals surface area contributed by atoms with Crippen molar-refractivity contribution in [3.63, 3.8) is 0 Å². The lowest BCUT2D eigenvalue weighted by atomic mass is 10.1. The van der Waals surface area contributed by atoms with E-state index in [-0.39, 0.29) is 16.9 Å². The van der Waals surface area contributed by atoms with Crippen molar-refractivity contribution in [2.45, 2.75) is 34.2 Å². The molecule has 0 saturated heterocycles. The molecule has 0 spiro atoms. The van der Waals surface area contributed by atoms with E-state index in [9.17, 15) is 9.59 Å². The summed E-state index contributed by atoms with van der Waals surface area (Å²) >= 11 is 0. The molecule has 1 heterocycles. The number of rotatable bonds is 4. The summed E-state index contributed by atoms with van der Waals surface area (Å²) in [6.07, 6.45) is 0. The number of hydrogen-bond donors (Lipinski definition) is 1. The maximum absolute atomic E-state index is 12.9. The second-order valence-corrected chi connectivity index (χ2v) is 6.95. The zero-order chi connectivity index (χ0) is 19.6. The number of carbonyl (C=O) groups excluding carboxylic acids is 1. The van der Waals surface area contributed by atoms with E-state index in [1.165, 1.54) is 6.07 Å². The van der Waals surface area contributed by atoms with Crippen LogP contribution in [0.15, 0.2) is 59.4 Å². The summed E-state index contributed by atoms with van der Waals surface area (Å²) in [7, 11) is 0. The number of pyridine rings is 1. The lowest BCUT2D eigenvalue weighted by Gasteiger charge is -2.18. The van der Waals surface area contributed by atoms with E-state index < -0.39 is 0 Å². The van der Waals surface area contributed by atoms with Crippen molar-refractivity contribution in [3.05, 3.63) is 98.5 Å². The summed E-state index contributed by atoms with van der Waals surface area (Å²) in [4.78, 5) is 25.5. The second kappa shape index (κ2) is 7.62. The average Bonchev–Trinajstić information content (AvgIpc) is 2.62. The van der Waals surface area contributed by atoms with Crippen molar-refractivity contribution < 1.29 is 4.79 Å². The molecule has 0 fully saturated rings. The fourth-order valence-electron chi connectivity index (χ4n) is 3.26. The number of anilines is 1. The van der Waals surface area contributed by atoms with Gasteiger partial charge in [0.25, 0.3) is 5.91 Å². The zero-order valence-electron chi connectivity index (χ0n) is 16.2. The van der Waals surface area contributed by atoms with Gasteiger partial charge in [0.15, 0.2) is 5.43 Å². The average molecular weight is 360 g/mol. The summed E-state index contributed by atoms with van der Waals surface area (Å²) in [5.74, 6) is -0.368. The molecule has 0 unspecified atom stereocenters. The molecule has 0 bridgehead atoms. The molecule has 0 radical (unpaired) electrons. The predicted octanol–water partition coefficient (Wildman–Crippen LogP) is 4.38. The third kappa shape index (κ3) is 4.00.